The summed E-state index contributed by atoms with van der Waals surface area (Å²) in [7, 11) is 1.59. The molecule has 0 amide bonds. The molecule has 0 aromatic carbocycles. The smallest absolute Gasteiger partial charge is 0.232 e. The van der Waals surface area contributed by atoms with Crippen molar-refractivity contribution in [1.29, 1.82) is 0 Å². The van der Waals surface area contributed by atoms with Gasteiger partial charge in [0.2, 0.25) is 11.8 Å². The molecule has 5 nitrogen and oxygen atoms in total. The number of hydrogen-bond donors (Lipinski definition) is 1. The van der Waals surface area contributed by atoms with E-state index in [-0.39, 0.29) is 0 Å². The minimum absolute atomic E-state index is 0.542. The number of halogens is 1. The standard InChI is InChI=1S/C10H14BrN3O2/c1-15-9-8(11)5-13-10(14-9)12-4-7-2-3-16-6-7/h5,7H,2-4,6H2,1H3,(H,12,13,14). The predicted octanol–water partition coefficient (Wildman–Crippen LogP) is 1.70. The van der Waals surface area contributed by atoms with Crippen LogP contribution < -0.4 is 10.1 Å². The molecule has 1 aliphatic rings. The molecule has 1 aliphatic heterocycles. The van der Waals surface area contributed by atoms with Gasteiger partial charge in [-0.1, -0.05) is 0 Å². The fourth-order valence-corrected chi connectivity index (χ4v) is 1.91. The van der Waals surface area contributed by atoms with Crippen LogP contribution in [0.3, 0.4) is 0 Å². The van der Waals surface area contributed by atoms with Crippen molar-refractivity contribution in [2.24, 2.45) is 5.92 Å². The monoisotopic (exact) mass is 287 g/mol. The zero-order chi connectivity index (χ0) is 11.4. The van der Waals surface area contributed by atoms with Crippen molar-refractivity contribution in [3.63, 3.8) is 0 Å². The van der Waals surface area contributed by atoms with Crippen LogP contribution in [0.2, 0.25) is 0 Å². The van der Waals surface area contributed by atoms with Crippen LogP contribution in [0.5, 0.6) is 5.88 Å². The van der Waals surface area contributed by atoms with Crippen LogP contribution in [0.15, 0.2) is 10.7 Å². The molecule has 0 bridgehead atoms. The SMILES string of the molecule is COc1nc(NCC2CCOC2)ncc1Br. The number of methoxy groups -OCH3 is 1. The van der Waals surface area contributed by atoms with Crippen molar-refractivity contribution in [2.45, 2.75) is 6.42 Å². The molecule has 16 heavy (non-hydrogen) atoms. The molecule has 0 radical (unpaired) electrons. The van der Waals surface area contributed by atoms with Crippen LogP contribution in [-0.2, 0) is 4.74 Å². The Balaban J connectivity index is 1.93. The third-order valence-corrected chi connectivity index (χ3v) is 3.02. The van der Waals surface area contributed by atoms with Crippen molar-refractivity contribution in [2.75, 3.05) is 32.2 Å². The van der Waals surface area contributed by atoms with E-state index in [0.717, 1.165) is 30.7 Å². The lowest BCUT2D eigenvalue weighted by atomic mass is 10.1. The minimum Gasteiger partial charge on any atom is -0.480 e. The molecule has 0 aliphatic carbocycles. The molecule has 1 atom stereocenters. The van der Waals surface area contributed by atoms with Crippen molar-refractivity contribution in [3.05, 3.63) is 10.7 Å². The Kier molecular flexibility index (Phi) is 3.95. The second-order valence-corrected chi connectivity index (χ2v) is 4.52. The van der Waals surface area contributed by atoms with E-state index in [1.165, 1.54) is 0 Å². The van der Waals surface area contributed by atoms with Gasteiger partial charge in [0, 0.05) is 19.1 Å². The van der Waals surface area contributed by atoms with Crippen LogP contribution in [0, 0.1) is 5.92 Å². The summed E-state index contributed by atoms with van der Waals surface area (Å²) in [5, 5.41) is 3.19. The Hall–Kier alpha value is -0.880. The van der Waals surface area contributed by atoms with Gasteiger partial charge in [-0.15, -0.1) is 0 Å². The number of aromatic nitrogens is 2. The van der Waals surface area contributed by atoms with Crippen molar-refractivity contribution >= 4 is 21.9 Å². The van der Waals surface area contributed by atoms with Crippen molar-refractivity contribution in [3.8, 4) is 5.88 Å². The fraction of sp³-hybridized carbons (Fsp3) is 0.600. The lowest BCUT2D eigenvalue weighted by molar-refractivity contribution is 0.187. The molecule has 1 unspecified atom stereocenters. The van der Waals surface area contributed by atoms with Gasteiger partial charge in [-0.25, -0.2) is 4.98 Å². The van der Waals surface area contributed by atoms with E-state index < -0.39 is 0 Å². The molecule has 6 heteroatoms. The van der Waals surface area contributed by atoms with E-state index in [9.17, 15) is 0 Å². The van der Waals surface area contributed by atoms with Gasteiger partial charge in [0.05, 0.1) is 24.4 Å². The van der Waals surface area contributed by atoms with E-state index in [1.54, 1.807) is 13.3 Å². The summed E-state index contributed by atoms with van der Waals surface area (Å²) in [6.07, 6.45) is 2.78. The lowest BCUT2D eigenvalue weighted by Gasteiger charge is -2.10. The molecule has 88 valence electrons. The number of nitrogens with zero attached hydrogens (tertiary/aromatic N) is 2. The summed E-state index contributed by atoms with van der Waals surface area (Å²) in [6, 6.07) is 0. The van der Waals surface area contributed by atoms with Gasteiger partial charge in [-0.2, -0.15) is 4.98 Å². The third-order valence-electron chi connectivity index (χ3n) is 2.48. The van der Waals surface area contributed by atoms with Gasteiger partial charge >= 0.3 is 0 Å². The first-order valence-corrected chi connectivity index (χ1v) is 5.97. The first kappa shape index (κ1) is 11.6. The second kappa shape index (κ2) is 5.45. The topological polar surface area (TPSA) is 56.3 Å². The number of anilines is 1. The van der Waals surface area contributed by atoms with Crippen LogP contribution in [-0.4, -0.2) is 36.8 Å². The fourth-order valence-electron chi connectivity index (χ4n) is 1.56. The molecule has 0 spiro atoms. The van der Waals surface area contributed by atoms with Gasteiger partial charge in [0.1, 0.15) is 0 Å². The van der Waals surface area contributed by atoms with E-state index in [2.05, 4.69) is 31.2 Å². The largest absolute Gasteiger partial charge is 0.480 e. The molecular formula is C10H14BrN3O2. The van der Waals surface area contributed by atoms with Gasteiger partial charge in [-0.3, -0.25) is 0 Å². The Bertz CT molecular complexity index is 356. The Morgan fingerprint density at radius 3 is 3.25 bits per heavy atom. The van der Waals surface area contributed by atoms with Crippen LogP contribution in [0.4, 0.5) is 5.95 Å². The van der Waals surface area contributed by atoms with Gasteiger partial charge in [0.15, 0.2) is 0 Å². The highest BCUT2D eigenvalue weighted by molar-refractivity contribution is 9.10. The van der Waals surface area contributed by atoms with Gasteiger partial charge in [0.25, 0.3) is 0 Å². The summed E-state index contributed by atoms with van der Waals surface area (Å²) in [5.41, 5.74) is 0. The number of nitrogens with one attached hydrogen (secondary N) is 1. The predicted molar refractivity (Wildman–Crippen MR) is 63.7 cm³/mol. The van der Waals surface area contributed by atoms with Crippen LogP contribution in [0.25, 0.3) is 0 Å². The maximum Gasteiger partial charge on any atom is 0.232 e. The van der Waals surface area contributed by atoms with E-state index in [4.69, 9.17) is 9.47 Å². The minimum atomic E-state index is 0.542. The Labute approximate surface area is 103 Å². The van der Waals surface area contributed by atoms with Gasteiger partial charge < -0.3 is 14.8 Å². The van der Waals surface area contributed by atoms with Crippen LogP contribution >= 0.6 is 15.9 Å². The summed E-state index contributed by atoms with van der Waals surface area (Å²) in [4.78, 5) is 8.38. The molecule has 2 heterocycles. The Morgan fingerprint density at radius 1 is 1.69 bits per heavy atom. The first-order valence-electron chi connectivity index (χ1n) is 5.17. The number of hydrogen-bond acceptors (Lipinski definition) is 5. The highest BCUT2D eigenvalue weighted by atomic mass is 79.9. The highest BCUT2D eigenvalue weighted by Gasteiger charge is 2.15. The van der Waals surface area contributed by atoms with Gasteiger partial charge in [-0.05, 0) is 22.4 Å². The number of ether oxygens (including phenoxy) is 2. The van der Waals surface area contributed by atoms with Crippen molar-refractivity contribution in [1.82, 2.24) is 9.97 Å². The average molecular weight is 288 g/mol. The van der Waals surface area contributed by atoms with E-state index >= 15 is 0 Å². The molecular weight excluding hydrogens is 274 g/mol. The van der Waals surface area contributed by atoms with E-state index in [1.807, 2.05) is 0 Å². The quantitative estimate of drug-likeness (QED) is 0.913. The highest BCUT2D eigenvalue weighted by Crippen LogP contribution is 2.22. The number of rotatable bonds is 4. The maximum absolute atomic E-state index is 5.30. The summed E-state index contributed by atoms with van der Waals surface area (Å²) in [6.45, 7) is 2.52. The zero-order valence-electron chi connectivity index (χ0n) is 9.07. The molecule has 0 saturated carbocycles. The molecule has 1 aromatic heterocycles. The average Bonchev–Trinajstić information content (AvgIpc) is 2.81. The molecule has 1 saturated heterocycles. The zero-order valence-corrected chi connectivity index (χ0v) is 10.7. The second-order valence-electron chi connectivity index (χ2n) is 3.66. The third kappa shape index (κ3) is 2.82. The molecule has 1 fully saturated rings. The first-order chi connectivity index (χ1) is 7.79. The molecule has 2 rings (SSSR count). The maximum atomic E-state index is 5.30. The normalized spacial score (nSPS) is 19.8. The summed E-state index contributed by atoms with van der Waals surface area (Å²) < 4.78 is 11.1. The van der Waals surface area contributed by atoms with Crippen LogP contribution in [0.1, 0.15) is 6.42 Å². The summed E-state index contributed by atoms with van der Waals surface area (Å²) in [5.74, 6) is 1.69. The van der Waals surface area contributed by atoms with E-state index in [0.29, 0.717) is 17.7 Å². The summed E-state index contributed by atoms with van der Waals surface area (Å²) >= 11 is 3.31. The van der Waals surface area contributed by atoms with Crippen molar-refractivity contribution < 1.29 is 9.47 Å². The Morgan fingerprint density at radius 2 is 2.56 bits per heavy atom. The molecule has 1 aromatic rings. The lowest BCUT2D eigenvalue weighted by Crippen LogP contribution is -2.15. The molecule has 1 N–H and O–H groups in total.